The minimum Gasteiger partial charge on any atom is -0.489 e. The molecule has 1 saturated heterocycles. The lowest BCUT2D eigenvalue weighted by atomic mass is 10.1. The van der Waals surface area contributed by atoms with Gasteiger partial charge in [0.2, 0.25) is 0 Å². The predicted molar refractivity (Wildman–Crippen MR) is 90.4 cm³/mol. The van der Waals surface area contributed by atoms with E-state index in [1.807, 2.05) is 18.2 Å². The second kappa shape index (κ2) is 6.87. The normalized spacial score (nSPS) is 15.4. The summed E-state index contributed by atoms with van der Waals surface area (Å²) in [6.45, 7) is 1.83. The smallest absolute Gasteiger partial charge is 0.271 e. The number of ether oxygens (including phenoxy) is 1. The van der Waals surface area contributed by atoms with Crippen molar-refractivity contribution in [1.82, 2.24) is 0 Å². The van der Waals surface area contributed by atoms with E-state index in [0.29, 0.717) is 5.75 Å². The monoisotopic (exact) mass is 332 g/mol. The van der Waals surface area contributed by atoms with Crippen LogP contribution < -0.4 is 9.64 Å². The first-order valence-corrected chi connectivity index (χ1v) is 7.92. The van der Waals surface area contributed by atoms with E-state index in [1.54, 1.807) is 6.07 Å². The molecule has 0 atom stereocenters. The molecule has 0 bridgehead atoms. The van der Waals surface area contributed by atoms with Crippen molar-refractivity contribution in [1.29, 1.82) is 0 Å². The molecule has 5 nitrogen and oxygen atoms in total. The molecule has 23 heavy (non-hydrogen) atoms. The van der Waals surface area contributed by atoms with Crippen LogP contribution in [-0.4, -0.2) is 24.1 Å². The van der Waals surface area contributed by atoms with Gasteiger partial charge in [0, 0.05) is 43.8 Å². The summed E-state index contributed by atoms with van der Waals surface area (Å²) >= 11 is 6.08. The number of hydrogen-bond donors (Lipinski definition) is 0. The van der Waals surface area contributed by atoms with Gasteiger partial charge in [0.15, 0.2) is 0 Å². The standard InChI is InChI=1S/C17H17ClN2O3/c18-16-12-14(20(21)22)6-7-17(16)23-15-8-10-19(11-9-15)13-4-2-1-3-5-13/h1-7,12,15H,8-11H2. The number of nitro benzene ring substituents is 1. The number of nitro groups is 1. The molecule has 120 valence electrons. The Labute approximate surface area is 139 Å². The number of nitrogens with zero attached hydrogens (tertiary/aromatic N) is 2. The Morgan fingerprint density at radius 1 is 1.13 bits per heavy atom. The molecular weight excluding hydrogens is 316 g/mol. The van der Waals surface area contributed by atoms with Gasteiger partial charge in [-0.05, 0) is 18.2 Å². The Morgan fingerprint density at radius 2 is 1.83 bits per heavy atom. The second-order valence-corrected chi connectivity index (χ2v) is 5.92. The van der Waals surface area contributed by atoms with Crippen LogP contribution in [0.5, 0.6) is 5.75 Å². The highest BCUT2D eigenvalue weighted by atomic mass is 35.5. The van der Waals surface area contributed by atoms with Gasteiger partial charge in [0.1, 0.15) is 11.9 Å². The Balaban J connectivity index is 1.60. The zero-order chi connectivity index (χ0) is 16.2. The van der Waals surface area contributed by atoms with Crippen molar-refractivity contribution in [2.24, 2.45) is 0 Å². The first-order chi connectivity index (χ1) is 11.1. The molecule has 1 aliphatic rings. The Kier molecular flexibility index (Phi) is 4.67. The predicted octanol–water partition coefficient (Wildman–Crippen LogP) is 4.30. The Bertz CT molecular complexity index is 685. The summed E-state index contributed by atoms with van der Waals surface area (Å²) < 4.78 is 5.92. The highest BCUT2D eigenvalue weighted by Crippen LogP contribution is 2.31. The summed E-state index contributed by atoms with van der Waals surface area (Å²) in [6, 6.07) is 14.6. The molecule has 0 spiro atoms. The van der Waals surface area contributed by atoms with E-state index in [4.69, 9.17) is 16.3 Å². The number of non-ortho nitro benzene ring substituents is 1. The fraction of sp³-hybridized carbons (Fsp3) is 0.294. The molecule has 0 N–H and O–H groups in total. The van der Waals surface area contributed by atoms with Gasteiger partial charge in [0.05, 0.1) is 9.95 Å². The lowest BCUT2D eigenvalue weighted by Crippen LogP contribution is -2.38. The maximum Gasteiger partial charge on any atom is 0.271 e. The number of hydrogen-bond acceptors (Lipinski definition) is 4. The number of para-hydroxylation sites is 1. The molecule has 2 aromatic carbocycles. The Morgan fingerprint density at radius 3 is 2.43 bits per heavy atom. The lowest BCUT2D eigenvalue weighted by molar-refractivity contribution is -0.384. The number of piperidine rings is 1. The first kappa shape index (κ1) is 15.6. The van der Waals surface area contributed by atoms with E-state index in [9.17, 15) is 10.1 Å². The highest BCUT2D eigenvalue weighted by Gasteiger charge is 2.22. The van der Waals surface area contributed by atoms with E-state index in [1.165, 1.54) is 17.8 Å². The van der Waals surface area contributed by atoms with Crippen molar-refractivity contribution in [3.8, 4) is 5.75 Å². The molecule has 1 fully saturated rings. The summed E-state index contributed by atoms with van der Waals surface area (Å²) in [4.78, 5) is 12.6. The maximum atomic E-state index is 10.7. The molecule has 0 aromatic heterocycles. The molecule has 0 radical (unpaired) electrons. The first-order valence-electron chi connectivity index (χ1n) is 7.54. The minimum absolute atomic E-state index is 0.0266. The average molecular weight is 333 g/mol. The summed E-state index contributed by atoms with van der Waals surface area (Å²) in [7, 11) is 0. The molecule has 1 heterocycles. The molecule has 0 unspecified atom stereocenters. The number of anilines is 1. The third kappa shape index (κ3) is 3.74. The van der Waals surface area contributed by atoms with Crippen molar-refractivity contribution in [2.75, 3.05) is 18.0 Å². The van der Waals surface area contributed by atoms with Crippen LogP contribution in [0, 0.1) is 10.1 Å². The van der Waals surface area contributed by atoms with Gasteiger partial charge >= 0.3 is 0 Å². The number of halogens is 1. The SMILES string of the molecule is O=[N+]([O-])c1ccc(OC2CCN(c3ccccc3)CC2)c(Cl)c1. The van der Waals surface area contributed by atoms with Gasteiger partial charge in [-0.3, -0.25) is 10.1 Å². The van der Waals surface area contributed by atoms with Crippen molar-refractivity contribution in [3.05, 3.63) is 63.7 Å². The third-order valence-electron chi connectivity index (χ3n) is 3.98. The van der Waals surface area contributed by atoms with Crippen LogP contribution in [0.4, 0.5) is 11.4 Å². The van der Waals surface area contributed by atoms with Crippen molar-refractivity contribution in [2.45, 2.75) is 18.9 Å². The minimum atomic E-state index is -0.464. The molecule has 0 saturated carbocycles. The van der Waals surface area contributed by atoms with Crippen LogP contribution in [0.1, 0.15) is 12.8 Å². The second-order valence-electron chi connectivity index (χ2n) is 5.51. The van der Waals surface area contributed by atoms with Gasteiger partial charge in [0.25, 0.3) is 5.69 Å². The van der Waals surface area contributed by atoms with Crippen LogP contribution in [0.25, 0.3) is 0 Å². The quantitative estimate of drug-likeness (QED) is 0.619. The van der Waals surface area contributed by atoms with Gasteiger partial charge < -0.3 is 9.64 Å². The van der Waals surface area contributed by atoms with Crippen molar-refractivity contribution >= 4 is 23.0 Å². The zero-order valence-electron chi connectivity index (χ0n) is 12.5. The third-order valence-corrected chi connectivity index (χ3v) is 4.28. The van der Waals surface area contributed by atoms with Gasteiger partial charge in [-0.1, -0.05) is 29.8 Å². The van der Waals surface area contributed by atoms with E-state index in [0.717, 1.165) is 25.9 Å². The lowest BCUT2D eigenvalue weighted by Gasteiger charge is -2.33. The van der Waals surface area contributed by atoms with Crippen LogP contribution in [0.15, 0.2) is 48.5 Å². The van der Waals surface area contributed by atoms with Gasteiger partial charge in [-0.15, -0.1) is 0 Å². The maximum absolute atomic E-state index is 10.7. The molecule has 2 aromatic rings. The number of rotatable bonds is 4. The topological polar surface area (TPSA) is 55.6 Å². The summed E-state index contributed by atoms with van der Waals surface area (Å²) in [5.41, 5.74) is 1.19. The average Bonchev–Trinajstić information content (AvgIpc) is 2.58. The summed E-state index contributed by atoms with van der Waals surface area (Å²) in [6.07, 6.45) is 1.86. The van der Waals surface area contributed by atoms with Gasteiger partial charge in [-0.25, -0.2) is 0 Å². The fourth-order valence-corrected chi connectivity index (χ4v) is 2.97. The molecule has 6 heteroatoms. The van der Waals surface area contributed by atoms with E-state index >= 15 is 0 Å². The molecule has 3 rings (SSSR count). The van der Waals surface area contributed by atoms with E-state index < -0.39 is 4.92 Å². The largest absolute Gasteiger partial charge is 0.489 e. The van der Waals surface area contributed by atoms with Crippen molar-refractivity contribution in [3.63, 3.8) is 0 Å². The highest BCUT2D eigenvalue weighted by molar-refractivity contribution is 6.32. The summed E-state index contributed by atoms with van der Waals surface area (Å²) in [5.74, 6) is 0.510. The van der Waals surface area contributed by atoms with Crippen LogP contribution in [0.2, 0.25) is 5.02 Å². The zero-order valence-corrected chi connectivity index (χ0v) is 13.3. The summed E-state index contributed by atoms with van der Waals surface area (Å²) in [5, 5.41) is 11.0. The fourth-order valence-electron chi connectivity index (χ4n) is 2.75. The van der Waals surface area contributed by atoms with Crippen LogP contribution >= 0.6 is 11.6 Å². The molecule has 1 aliphatic heterocycles. The van der Waals surface area contributed by atoms with E-state index in [-0.39, 0.29) is 16.8 Å². The van der Waals surface area contributed by atoms with Crippen molar-refractivity contribution < 1.29 is 9.66 Å². The van der Waals surface area contributed by atoms with Crippen LogP contribution in [-0.2, 0) is 0 Å². The van der Waals surface area contributed by atoms with Gasteiger partial charge in [-0.2, -0.15) is 0 Å². The molecule has 0 aliphatic carbocycles. The van der Waals surface area contributed by atoms with Crippen LogP contribution in [0.3, 0.4) is 0 Å². The Hall–Kier alpha value is -2.27. The van der Waals surface area contributed by atoms with E-state index in [2.05, 4.69) is 17.0 Å². The number of benzene rings is 2. The molecular formula is C17H17ClN2O3. The molecule has 0 amide bonds.